The van der Waals surface area contributed by atoms with E-state index in [2.05, 4.69) is 4.74 Å². The fraction of sp³-hybridized carbons (Fsp3) is 0.812. The summed E-state index contributed by atoms with van der Waals surface area (Å²) in [6.45, 7) is 9.25. The summed E-state index contributed by atoms with van der Waals surface area (Å²) < 4.78 is 41.3. The minimum atomic E-state index is -2.92. The van der Waals surface area contributed by atoms with E-state index in [1.165, 1.54) is 0 Å². The zero-order valence-corrected chi connectivity index (χ0v) is 15.5. The second-order valence-electron chi connectivity index (χ2n) is 7.86. The van der Waals surface area contributed by atoms with Gasteiger partial charge in [0.15, 0.2) is 5.54 Å². The fourth-order valence-electron chi connectivity index (χ4n) is 2.35. The van der Waals surface area contributed by atoms with E-state index >= 15 is 0 Å². The van der Waals surface area contributed by atoms with Crippen LogP contribution >= 0.6 is 0 Å². The molecule has 2 unspecified atom stereocenters. The van der Waals surface area contributed by atoms with Crippen LogP contribution in [0.5, 0.6) is 0 Å². The molecule has 1 saturated carbocycles. The zero-order chi connectivity index (χ0) is 19.8. The van der Waals surface area contributed by atoms with E-state index in [0.717, 1.165) is 7.11 Å². The Bertz CT molecular complexity index is 524. The molecule has 0 heterocycles. The molecule has 0 spiro atoms. The average Bonchev–Trinajstić information content (AvgIpc) is 3.10. The van der Waals surface area contributed by atoms with Gasteiger partial charge >= 0.3 is 18.2 Å². The molecule has 9 heteroatoms. The molecule has 1 aliphatic carbocycles. The first-order valence-corrected chi connectivity index (χ1v) is 7.78. The van der Waals surface area contributed by atoms with Crippen LogP contribution in [0.15, 0.2) is 0 Å². The van der Waals surface area contributed by atoms with Gasteiger partial charge < -0.3 is 14.2 Å². The molecule has 0 aliphatic heterocycles. The number of alkyl halides is 2. The Balaban J connectivity index is 3.31. The minimum absolute atomic E-state index is 0.326. The van der Waals surface area contributed by atoms with Gasteiger partial charge in [0.1, 0.15) is 11.2 Å². The lowest BCUT2D eigenvalue weighted by molar-refractivity contribution is -0.150. The number of carbonyl (C=O) groups is 3. The van der Waals surface area contributed by atoms with Crippen LogP contribution < -0.4 is 0 Å². The normalized spacial score (nSPS) is 23.0. The van der Waals surface area contributed by atoms with Crippen LogP contribution in [0.25, 0.3) is 0 Å². The Hall–Kier alpha value is -1.93. The summed E-state index contributed by atoms with van der Waals surface area (Å²) in [7, 11) is 0.993. The van der Waals surface area contributed by atoms with Crippen molar-refractivity contribution in [3.63, 3.8) is 0 Å². The highest BCUT2D eigenvalue weighted by molar-refractivity contribution is 5.99. The highest BCUT2D eigenvalue weighted by Gasteiger charge is 2.73. The largest absolute Gasteiger partial charge is 0.467 e. The molecule has 7 nitrogen and oxygen atoms in total. The lowest BCUT2D eigenvalue weighted by Crippen LogP contribution is -2.55. The van der Waals surface area contributed by atoms with Gasteiger partial charge in [-0.3, -0.25) is 0 Å². The highest BCUT2D eigenvalue weighted by Crippen LogP contribution is 2.53. The molecule has 0 bridgehead atoms. The van der Waals surface area contributed by atoms with Crippen molar-refractivity contribution < 1.29 is 37.4 Å². The number of ether oxygens (including phenoxy) is 3. The summed E-state index contributed by atoms with van der Waals surface area (Å²) in [6.07, 6.45) is -5.83. The van der Waals surface area contributed by atoms with Crippen molar-refractivity contribution in [1.29, 1.82) is 0 Å². The summed E-state index contributed by atoms with van der Waals surface area (Å²) in [4.78, 5) is 37.5. The van der Waals surface area contributed by atoms with Crippen molar-refractivity contribution in [3.8, 4) is 0 Å². The third kappa shape index (κ3) is 4.79. The van der Waals surface area contributed by atoms with Gasteiger partial charge in [-0.1, -0.05) is 0 Å². The number of halogens is 2. The maximum atomic E-state index is 13.2. The van der Waals surface area contributed by atoms with Crippen LogP contribution in [-0.2, 0) is 19.0 Å². The number of esters is 1. The number of nitrogens with zero attached hydrogens (tertiary/aromatic N) is 1. The summed E-state index contributed by atoms with van der Waals surface area (Å²) in [6, 6.07) is 0. The molecule has 1 aliphatic rings. The van der Waals surface area contributed by atoms with Gasteiger partial charge in [0.05, 0.1) is 13.0 Å². The van der Waals surface area contributed by atoms with Crippen LogP contribution in [0.1, 0.15) is 48.0 Å². The molecule has 0 aromatic carbocycles. The molecule has 0 N–H and O–H groups in total. The molecule has 0 aromatic heterocycles. The van der Waals surface area contributed by atoms with Gasteiger partial charge in [-0.15, -0.1) is 0 Å². The van der Waals surface area contributed by atoms with Crippen molar-refractivity contribution in [2.24, 2.45) is 5.92 Å². The van der Waals surface area contributed by atoms with E-state index in [-0.39, 0.29) is 0 Å². The van der Waals surface area contributed by atoms with E-state index in [1.807, 2.05) is 0 Å². The van der Waals surface area contributed by atoms with Crippen LogP contribution in [0.3, 0.4) is 0 Å². The van der Waals surface area contributed by atoms with Gasteiger partial charge in [0, 0.05) is 0 Å². The average molecular weight is 365 g/mol. The van der Waals surface area contributed by atoms with Crippen molar-refractivity contribution in [2.45, 2.75) is 71.1 Å². The third-order valence-electron chi connectivity index (χ3n) is 3.38. The molecular formula is C16H25F2NO6. The summed E-state index contributed by atoms with van der Waals surface area (Å²) in [5.74, 6) is -2.66. The van der Waals surface area contributed by atoms with Gasteiger partial charge in [-0.2, -0.15) is 4.90 Å². The predicted molar refractivity (Wildman–Crippen MR) is 83.2 cm³/mol. The third-order valence-corrected chi connectivity index (χ3v) is 3.38. The van der Waals surface area contributed by atoms with Gasteiger partial charge in [0.2, 0.25) is 6.43 Å². The standard InChI is InChI=1S/C16H25F2NO6/c1-14(2,3)24-12(21)19(13(22)25-15(4,5)6)16(11(20)23-7)8-9(16)10(17)18/h9-10H,8H2,1-7H3. The highest BCUT2D eigenvalue weighted by atomic mass is 19.3. The first-order valence-electron chi connectivity index (χ1n) is 7.78. The molecule has 1 fully saturated rings. The van der Waals surface area contributed by atoms with Crippen molar-refractivity contribution in [3.05, 3.63) is 0 Å². The first-order chi connectivity index (χ1) is 11.2. The molecule has 144 valence electrons. The Morgan fingerprint density at radius 2 is 1.40 bits per heavy atom. The Labute approximate surface area is 145 Å². The van der Waals surface area contributed by atoms with Gasteiger partial charge in [0.25, 0.3) is 0 Å². The SMILES string of the molecule is COC(=O)C1(N(C(=O)OC(C)(C)C)C(=O)OC(C)(C)C)CC1C(F)F. The van der Waals surface area contributed by atoms with E-state index in [9.17, 15) is 23.2 Å². The van der Waals surface area contributed by atoms with Crippen LogP contribution in [-0.4, -0.2) is 53.3 Å². The number of amides is 2. The maximum Gasteiger partial charge on any atom is 0.420 e. The number of hydrogen-bond donors (Lipinski definition) is 0. The van der Waals surface area contributed by atoms with E-state index in [4.69, 9.17) is 9.47 Å². The Morgan fingerprint density at radius 3 is 1.64 bits per heavy atom. The van der Waals surface area contributed by atoms with Crippen LogP contribution in [0, 0.1) is 5.92 Å². The van der Waals surface area contributed by atoms with Gasteiger partial charge in [-0.05, 0) is 48.0 Å². The maximum absolute atomic E-state index is 13.2. The summed E-state index contributed by atoms with van der Waals surface area (Å²) in [5.41, 5.74) is -4.15. The number of rotatable bonds is 3. The quantitative estimate of drug-likeness (QED) is 0.563. The summed E-state index contributed by atoms with van der Waals surface area (Å²) >= 11 is 0. The predicted octanol–water partition coefficient (Wildman–Crippen LogP) is 3.36. The van der Waals surface area contributed by atoms with E-state index < -0.39 is 53.7 Å². The second-order valence-corrected chi connectivity index (χ2v) is 7.86. The first kappa shape index (κ1) is 21.1. The molecule has 2 atom stereocenters. The van der Waals surface area contributed by atoms with E-state index in [1.54, 1.807) is 41.5 Å². The topological polar surface area (TPSA) is 82.1 Å². The van der Waals surface area contributed by atoms with Crippen molar-refractivity contribution in [1.82, 2.24) is 4.90 Å². The number of imide groups is 1. The Morgan fingerprint density at radius 1 is 1.00 bits per heavy atom. The van der Waals surface area contributed by atoms with Crippen LogP contribution in [0.4, 0.5) is 18.4 Å². The Kier molecular flexibility index (Phi) is 5.71. The number of carbonyl (C=O) groups excluding carboxylic acids is 3. The smallest absolute Gasteiger partial charge is 0.420 e. The molecule has 1 rings (SSSR count). The summed E-state index contributed by atoms with van der Waals surface area (Å²) in [5, 5.41) is 0. The van der Waals surface area contributed by atoms with Crippen LogP contribution in [0.2, 0.25) is 0 Å². The number of methoxy groups -OCH3 is 1. The molecule has 2 amide bonds. The van der Waals surface area contributed by atoms with Crippen molar-refractivity contribution >= 4 is 18.2 Å². The number of hydrogen-bond acceptors (Lipinski definition) is 6. The second kappa shape index (κ2) is 6.76. The lowest BCUT2D eigenvalue weighted by atomic mass is 10.1. The monoisotopic (exact) mass is 365 g/mol. The van der Waals surface area contributed by atoms with Crippen molar-refractivity contribution in [2.75, 3.05) is 7.11 Å². The minimum Gasteiger partial charge on any atom is -0.467 e. The molecule has 0 aromatic rings. The van der Waals surface area contributed by atoms with Gasteiger partial charge in [-0.25, -0.2) is 23.2 Å². The fourth-order valence-corrected chi connectivity index (χ4v) is 2.35. The van der Waals surface area contributed by atoms with E-state index in [0.29, 0.717) is 4.90 Å². The zero-order valence-electron chi connectivity index (χ0n) is 15.5. The lowest BCUT2D eigenvalue weighted by Gasteiger charge is -2.33. The molecule has 0 radical (unpaired) electrons. The molecule has 25 heavy (non-hydrogen) atoms. The molecule has 0 saturated heterocycles. The molecular weight excluding hydrogens is 340 g/mol.